The Hall–Kier alpha value is -1.72. The summed E-state index contributed by atoms with van der Waals surface area (Å²) in [6.45, 7) is 5.35. The molecule has 28 heavy (non-hydrogen) atoms. The second-order valence-electron chi connectivity index (χ2n) is 8.01. The first-order chi connectivity index (χ1) is 13.0. The van der Waals surface area contributed by atoms with Gasteiger partial charge in [-0.3, -0.25) is 9.08 Å². The van der Waals surface area contributed by atoms with Crippen molar-refractivity contribution < 1.29 is 30.9 Å². The van der Waals surface area contributed by atoms with Gasteiger partial charge in [0, 0.05) is 25.2 Å². The van der Waals surface area contributed by atoms with Gasteiger partial charge in [0.15, 0.2) is 11.6 Å². The molecule has 1 atom stereocenters. The number of amides is 1. The van der Waals surface area contributed by atoms with Crippen LogP contribution in [0.15, 0.2) is 12.1 Å². The number of nitrogens with zero attached hydrogens (tertiary/aromatic N) is 2. The van der Waals surface area contributed by atoms with Gasteiger partial charge in [0.1, 0.15) is 18.4 Å². The van der Waals surface area contributed by atoms with Crippen LogP contribution in [0.5, 0.6) is 0 Å². The van der Waals surface area contributed by atoms with Gasteiger partial charge < -0.3 is 9.64 Å². The zero-order chi connectivity index (χ0) is 20.7. The molecule has 11 heteroatoms. The summed E-state index contributed by atoms with van der Waals surface area (Å²) < 4.78 is 61.2. The average molecular weight is 435 g/mol. The van der Waals surface area contributed by atoms with Gasteiger partial charge in [0.05, 0.1) is 26.6 Å². The Balaban J connectivity index is 1.74. The van der Waals surface area contributed by atoms with E-state index in [1.165, 1.54) is 0 Å². The lowest BCUT2D eigenvalue weighted by molar-refractivity contribution is 0.107. The van der Waals surface area contributed by atoms with Gasteiger partial charge in [-0.25, -0.2) is 13.6 Å². The Morgan fingerprint density at radius 1 is 1.21 bits per heavy atom. The minimum absolute atomic E-state index is 0.0253. The molecule has 0 unspecified atom stereocenters. The van der Waals surface area contributed by atoms with E-state index in [9.17, 15) is 22.0 Å². The van der Waals surface area contributed by atoms with E-state index in [0.29, 0.717) is 13.1 Å². The van der Waals surface area contributed by atoms with Crippen LogP contribution < -0.4 is 9.80 Å². The van der Waals surface area contributed by atoms with E-state index in [2.05, 4.69) is 17.3 Å². The molecular formula is C17H24F2N2O5SSi. The van der Waals surface area contributed by atoms with E-state index >= 15 is 0 Å². The second kappa shape index (κ2) is 7.60. The van der Waals surface area contributed by atoms with Crippen LogP contribution in [0.2, 0.25) is 25.2 Å². The zero-order valence-electron chi connectivity index (χ0n) is 16.1. The highest BCUT2D eigenvalue weighted by atomic mass is 32.2. The van der Waals surface area contributed by atoms with Crippen molar-refractivity contribution in [2.24, 2.45) is 0 Å². The van der Waals surface area contributed by atoms with Crippen LogP contribution >= 0.6 is 0 Å². The molecule has 0 aliphatic carbocycles. The summed E-state index contributed by atoms with van der Waals surface area (Å²) in [6.07, 6.45) is -0.767. The normalized spacial score (nSPS) is 22.5. The molecule has 1 aromatic rings. The largest absolute Gasteiger partial charge is 0.441 e. The van der Waals surface area contributed by atoms with Gasteiger partial charge in [-0.05, 0) is 12.1 Å². The van der Waals surface area contributed by atoms with Gasteiger partial charge in [0.2, 0.25) is 0 Å². The summed E-state index contributed by atoms with van der Waals surface area (Å²) in [5, 5.41) is 0. The fourth-order valence-corrected chi connectivity index (χ4v) is 5.76. The smallest absolute Gasteiger partial charge is 0.414 e. The van der Waals surface area contributed by atoms with Crippen molar-refractivity contribution in [1.82, 2.24) is 0 Å². The molecule has 0 bridgehead atoms. The molecule has 7 nitrogen and oxygen atoms in total. The average Bonchev–Trinajstić information content (AvgIpc) is 2.94. The Bertz CT molecular complexity index is 847. The summed E-state index contributed by atoms with van der Waals surface area (Å²) in [7, 11) is -4.96. The van der Waals surface area contributed by atoms with Crippen molar-refractivity contribution in [2.45, 2.75) is 31.3 Å². The molecule has 2 fully saturated rings. The molecule has 0 N–H and O–H groups in total. The Morgan fingerprint density at radius 3 is 2.32 bits per heavy atom. The molecule has 2 aliphatic heterocycles. The number of ether oxygens (including phenoxy) is 1. The Labute approximate surface area is 164 Å². The number of hydrogen-bond donors (Lipinski definition) is 0. The van der Waals surface area contributed by atoms with Crippen molar-refractivity contribution in [3.05, 3.63) is 23.8 Å². The third-order valence-corrected chi connectivity index (χ3v) is 8.81. The summed E-state index contributed by atoms with van der Waals surface area (Å²) in [4.78, 5) is 14.8. The number of anilines is 2. The molecule has 0 saturated carbocycles. The predicted molar refractivity (Wildman–Crippen MR) is 104 cm³/mol. The van der Waals surface area contributed by atoms with Crippen LogP contribution in [0, 0.1) is 11.6 Å². The summed E-state index contributed by atoms with van der Waals surface area (Å²) in [5.74, 6) is -1.47. The minimum Gasteiger partial charge on any atom is -0.441 e. The standard InChI is InChI=1S/C17H24F2N2O5SSi/c1-27(23,24)25-11-13-10-21(17(22)26-13)12-8-14(18)16(15(19)9-12)20-4-6-28(2,3)7-5-20/h8-9,13H,4-7,10-11H2,1-3H3/t13-/m1/s1. The number of cyclic esters (lactones) is 1. The van der Waals surface area contributed by atoms with Crippen LogP contribution in [0.25, 0.3) is 0 Å². The summed E-state index contributed by atoms with van der Waals surface area (Å²) in [5.41, 5.74) is -0.0462. The van der Waals surface area contributed by atoms with Gasteiger partial charge in [-0.15, -0.1) is 0 Å². The maximum absolute atomic E-state index is 14.7. The topological polar surface area (TPSA) is 76.2 Å². The number of halogens is 2. The van der Waals surface area contributed by atoms with Crippen LogP contribution in [-0.2, 0) is 19.0 Å². The highest BCUT2D eigenvalue weighted by Gasteiger charge is 2.35. The molecule has 0 radical (unpaired) electrons. The number of rotatable bonds is 5. The maximum atomic E-state index is 14.7. The highest BCUT2D eigenvalue weighted by Crippen LogP contribution is 2.34. The first-order valence-corrected chi connectivity index (χ1v) is 14.2. The molecule has 2 saturated heterocycles. The van der Waals surface area contributed by atoms with Crippen LogP contribution in [-0.4, -0.2) is 61.2 Å². The molecule has 2 heterocycles. The monoisotopic (exact) mass is 434 g/mol. The minimum atomic E-state index is -3.68. The molecule has 1 aromatic carbocycles. The molecule has 156 valence electrons. The van der Waals surface area contributed by atoms with Crippen LogP contribution in [0.4, 0.5) is 25.0 Å². The van der Waals surface area contributed by atoms with Gasteiger partial charge in [-0.1, -0.05) is 13.1 Å². The third kappa shape index (κ3) is 4.81. The third-order valence-electron chi connectivity index (χ3n) is 5.09. The number of carbonyl (C=O) groups excluding carboxylic acids is 1. The Morgan fingerprint density at radius 2 is 1.79 bits per heavy atom. The lowest BCUT2D eigenvalue weighted by Gasteiger charge is -2.37. The number of hydrogen-bond acceptors (Lipinski definition) is 6. The van der Waals surface area contributed by atoms with E-state index in [1.807, 2.05) is 0 Å². The highest BCUT2D eigenvalue weighted by molar-refractivity contribution is 7.85. The van der Waals surface area contributed by atoms with E-state index < -0.39 is 42.0 Å². The lowest BCUT2D eigenvalue weighted by atomic mass is 10.2. The van der Waals surface area contributed by atoms with Crippen LogP contribution in [0.3, 0.4) is 0 Å². The van der Waals surface area contributed by atoms with Gasteiger partial charge >= 0.3 is 6.09 Å². The van der Waals surface area contributed by atoms with Crippen molar-refractivity contribution in [1.29, 1.82) is 0 Å². The lowest BCUT2D eigenvalue weighted by Crippen LogP contribution is -2.43. The molecule has 0 spiro atoms. The molecule has 0 aromatic heterocycles. The van der Waals surface area contributed by atoms with E-state index in [1.54, 1.807) is 4.90 Å². The second-order valence-corrected chi connectivity index (χ2v) is 15.0. The Kier molecular flexibility index (Phi) is 5.70. The van der Waals surface area contributed by atoms with E-state index in [0.717, 1.165) is 35.4 Å². The van der Waals surface area contributed by atoms with Crippen LogP contribution in [0.1, 0.15) is 0 Å². The van der Waals surface area contributed by atoms with Crippen molar-refractivity contribution in [3.63, 3.8) is 0 Å². The first kappa shape index (κ1) is 21.0. The van der Waals surface area contributed by atoms with E-state index in [4.69, 9.17) is 4.74 Å². The maximum Gasteiger partial charge on any atom is 0.414 e. The fourth-order valence-electron chi connectivity index (χ4n) is 3.36. The van der Waals surface area contributed by atoms with Crippen molar-refractivity contribution in [2.75, 3.05) is 42.3 Å². The van der Waals surface area contributed by atoms with Crippen molar-refractivity contribution in [3.8, 4) is 0 Å². The SMILES string of the molecule is C[Si]1(C)CCN(c2c(F)cc(N3C[C@H](COS(C)(=O)=O)OC3=O)cc2F)CC1. The van der Waals surface area contributed by atoms with Gasteiger partial charge in [0.25, 0.3) is 10.1 Å². The summed E-state index contributed by atoms with van der Waals surface area (Å²) in [6, 6.07) is 4.15. The molecule has 3 rings (SSSR count). The quantitative estimate of drug-likeness (QED) is 0.524. The van der Waals surface area contributed by atoms with E-state index in [-0.39, 0.29) is 24.5 Å². The molecule has 1 amide bonds. The first-order valence-electron chi connectivity index (χ1n) is 9.02. The molecule has 2 aliphatic rings. The summed E-state index contributed by atoms with van der Waals surface area (Å²) >= 11 is 0. The number of carbonyl (C=O) groups is 1. The fraction of sp³-hybridized carbons (Fsp3) is 0.588. The predicted octanol–water partition coefficient (Wildman–Crippen LogP) is 2.79. The van der Waals surface area contributed by atoms with Crippen molar-refractivity contribution >= 4 is 35.7 Å². The zero-order valence-corrected chi connectivity index (χ0v) is 17.9. The molecular weight excluding hydrogens is 410 g/mol. The van der Waals surface area contributed by atoms with Gasteiger partial charge in [-0.2, -0.15) is 8.42 Å². The number of benzene rings is 1.